The molecule has 1 aliphatic heterocycles. The molecule has 0 saturated carbocycles. The van der Waals surface area contributed by atoms with Crippen molar-refractivity contribution in [2.45, 2.75) is 30.6 Å². The van der Waals surface area contributed by atoms with Gasteiger partial charge in [0.05, 0.1) is 0 Å². The molecule has 98 valence electrons. The average Bonchev–Trinajstić information content (AvgIpc) is 2.93. The first-order chi connectivity index (χ1) is 8.77. The van der Waals surface area contributed by atoms with Gasteiger partial charge in [-0.15, -0.1) is 0 Å². The monoisotopic (exact) mass is 301 g/mol. The van der Waals surface area contributed by atoms with Crippen LogP contribution < -0.4 is 0 Å². The molecule has 1 fully saturated rings. The van der Waals surface area contributed by atoms with E-state index in [1.165, 1.54) is 30.4 Å². The van der Waals surface area contributed by atoms with Crippen molar-refractivity contribution in [2.24, 2.45) is 0 Å². The van der Waals surface area contributed by atoms with Crippen LogP contribution in [0, 0.1) is 0 Å². The van der Waals surface area contributed by atoms with Crippen LogP contribution >= 0.6 is 0 Å². The molecule has 1 heterocycles. The zero-order chi connectivity index (χ0) is 12.8. The SMILES string of the molecule is O=S(CCC[C](=[Cr])N1CCCC1)c1ccccc1. The molecule has 1 unspecified atom stereocenters. The van der Waals surface area contributed by atoms with Gasteiger partial charge in [0, 0.05) is 0 Å². The van der Waals surface area contributed by atoms with Crippen LogP contribution in [0.2, 0.25) is 0 Å². The summed E-state index contributed by atoms with van der Waals surface area (Å²) < 4.78 is 13.4. The molecule has 18 heavy (non-hydrogen) atoms. The minimum atomic E-state index is -0.847. The van der Waals surface area contributed by atoms with Crippen LogP contribution in [0.3, 0.4) is 0 Å². The van der Waals surface area contributed by atoms with E-state index >= 15 is 0 Å². The zero-order valence-electron chi connectivity index (χ0n) is 10.5. The molecule has 0 N–H and O–H groups in total. The molecule has 2 rings (SSSR count). The predicted molar refractivity (Wildman–Crippen MR) is 72.8 cm³/mol. The van der Waals surface area contributed by atoms with E-state index in [0.29, 0.717) is 0 Å². The van der Waals surface area contributed by atoms with E-state index in [-0.39, 0.29) is 0 Å². The average molecular weight is 301 g/mol. The Kier molecular flexibility index (Phi) is 5.78. The molecule has 1 saturated heterocycles. The quantitative estimate of drug-likeness (QED) is 0.804. The van der Waals surface area contributed by atoms with Crippen LogP contribution in [0.1, 0.15) is 25.7 Å². The van der Waals surface area contributed by atoms with Crippen molar-refractivity contribution in [3.05, 3.63) is 30.3 Å². The summed E-state index contributed by atoms with van der Waals surface area (Å²) in [5.74, 6) is 0.753. The Balaban J connectivity index is 1.72. The minimum absolute atomic E-state index is 0.753. The fourth-order valence-electron chi connectivity index (χ4n) is 2.17. The summed E-state index contributed by atoms with van der Waals surface area (Å²) in [4.78, 5) is 3.37. The Morgan fingerprint density at radius 1 is 1.22 bits per heavy atom. The summed E-state index contributed by atoms with van der Waals surface area (Å²) in [5, 5.41) is 0. The summed E-state index contributed by atoms with van der Waals surface area (Å²) in [6.07, 6.45) is 4.63. The number of hydrogen-bond donors (Lipinski definition) is 0. The third-order valence-corrected chi connectivity index (χ3v) is 5.36. The summed E-state index contributed by atoms with van der Waals surface area (Å²) >= 11 is 3.18. The molecule has 0 amide bonds. The molecule has 1 aromatic carbocycles. The molecular weight excluding hydrogens is 282 g/mol. The number of nitrogens with zero attached hydrogens (tertiary/aromatic N) is 1. The number of hydrogen-bond acceptors (Lipinski definition) is 2. The van der Waals surface area contributed by atoms with Gasteiger partial charge in [0.2, 0.25) is 0 Å². The second-order valence-corrected chi connectivity index (χ2v) is 6.86. The third-order valence-electron chi connectivity index (χ3n) is 3.19. The van der Waals surface area contributed by atoms with Gasteiger partial charge in [0.1, 0.15) is 0 Å². The van der Waals surface area contributed by atoms with Crippen LogP contribution in [0.25, 0.3) is 0 Å². The first kappa shape index (κ1) is 14.1. The van der Waals surface area contributed by atoms with E-state index in [4.69, 9.17) is 0 Å². The van der Waals surface area contributed by atoms with Crippen LogP contribution in [-0.4, -0.2) is 32.5 Å². The van der Waals surface area contributed by atoms with E-state index < -0.39 is 10.8 Å². The molecule has 0 aliphatic carbocycles. The van der Waals surface area contributed by atoms with Gasteiger partial charge in [0.25, 0.3) is 0 Å². The normalized spacial score (nSPS) is 17.8. The molecule has 1 aliphatic rings. The van der Waals surface area contributed by atoms with Gasteiger partial charge in [-0.05, 0) is 0 Å². The second-order valence-electron chi connectivity index (χ2n) is 4.55. The van der Waals surface area contributed by atoms with Gasteiger partial charge in [-0.25, -0.2) is 0 Å². The molecule has 1 aromatic rings. The summed E-state index contributed by atoms with van der Waals surface area (Å²) in [7, 11) is -0.847. The van der Waals surface area contributed by atoms with Crippen LogP contribution in [-0.2, 0) is 26.7 Å². The van der Waals surface area contributed by atoms with Gasteiger partial charge < -0.3 is 0 Å². The molecule has 0 radical (unpaired) electrons. The fourth-order valence-corrected chi connectivity index (χ4v) is 3.78. The first-order valence-corrected chi connectivity index (χ1v) is 8.44. The van der Waals surface area contributed by atoms with Crippen molar-refractivity contribution in [1.82, 2.24) is 4.90 Å². The van der Waals surface area contributed by atoms with E-state index in [9.17, 15) is 4.21 Å². The van der Waals surface area contributed by atoms with Crippen molar-refractivity contribution in [1.29, 1.82) is 0 Å². The van der Waals surface area contributed by atoms with E-state index in [1.807, 2.05) is 30.3 Å². The van der Waals surface area contributed by atoms with Crippen LogP contribution in [0.15, 0.2) is 35.2 Å². The molecular formula is C14H19CrNOS. The number of benzene rings is 1. The summed E-state index contributed by atoms with van der Waals surface area (Å²) in [6, 6.07) is 9.74. The van der Waals surface area contributed by atoms with Crippen molar-refractivity contribution in [3.63, 3.8) is 0 Å². The molecule has 0 aromatic heterocycles. The molecule has 0 spiro atoms. The van der Waals surface area contributed by atoms with Crippen molar-refractivity contribution in [2.75, 3.05) is 18.8 Å². The van der Waals surface area contributed by atoms with Crippen molar-refractivity contribution < 1.29 is 20.1 Å². The Bertz CT molecular complexity index is 415. The number of rotatable bonds is 6. The Morgan fingerprint density at radius 2 is 1.89 bits per heavy atom. The molecule has 1 atom stereocenters. The second kappa shape index (κ2) is 7.35. The third kappa shape index (κ3) is 4.14. The van der Waals surface area contributed by atoms with Crippen LogP contribution in [0.5, 0.6) is 0 Å². The fraction of sp³-hybridized carbons (Fsp3) is 0.500. The van der Waals surface area contributed by atoms with Crippen molar-refractivity contribution >= 4 is 15.3 Å². The molecule has 4 heteroatoms. The van der Waals surface area contributed by atoms with E-state index in [1.54, 1.807) is 0 Å². The summed E-state index contributed by atoms with van der Waals surface area (Å²) in [6.45, 7) is 2.37. The van der Waals surface area contributed by atoms with E-state index in [0.717, 1.165) is 23.5 Å². The first-order valence-electron chi connectivity index (χ1n) is 6.48. The Hall–Kier alpha value is -0.268. The molecule has 2 nitrogen and oxygen atoms in total. The molecule has 0 bridgehead atoms. The van der Waals surface area contributed by atoms with Gasteiger partial charge >= 0.3 is 120 Å². The number of likely N-dealkylation sites (tertiary alicyclic amines) is 1. The van der Waals surface area contributed by atoms with Gasteiger partial charge in [-0.3, -0.25) is 0 Å². The Morgan fingerprint density at radius 3 is 2.56 bits per heavy atom. The standard InChI is InChI=1S/C14H19NOS.Cr/c16-17(14-8-2-1-3-9-14)13-7-6-12-15-10-4-5-11-15;/h1-3,8-9H,4-7,10-11,13H2;. The van der Waals surface area contributed by atoms with Crippen molar-refractivity contribution in [3.8, 4) is 0 Å². The maximum atomic E-state index is 12.0. The van der Waals surface area contributed by atoms with Gasteiger partial charge in [-0.1, -0.05) is 0 Å². The van der Waals surface area contributed by atoms with E-state index in [2.05, 4.69) is 20.8 Å². The summed E-state index contributed by atoms with van der Waals surface area (Å²) in [5.41, 5.74) is 0. The van der Waals surface area contributed by atoms with Crippen LogP contribution in [0.4, 0.5) is 0 Å². The van der Waals surface area contributed by atoms with Gasteiger partial charge in [-0.2, -0.15) is 0 Å². The zero-order valence-corrected chi connectivity index (χ0v) is 12.6. The Labute approximate surface area is 120 Å². The van der Waals surface area contributed by atoms with Gasteiger partial charge in [0.15, 0.2) is 0 Å². The predicted octanol–water partition coefficient (Wildman–Crippen LogP) is 2.35. The maximum absolute atomic E-state index is 12.0. The topological polar surface area (TPSA) is 20.3 Å².